The Morgan fingerprint density at radius 3 is 2.52 bits per heavy atom. The molecular weight excluding hydrogens is 412 g/mol. The molecule has 2 aliphatic rings. The lowest BCUT2D eigenvalue weighted by atomic mass is 9.94. The van der Waals surface area contributed by atoms with Crippen LogP contribution in [0.1, 0.15) is 46.0 Å². The molecule has 0 aromatic heterocycles. The molecule has 4 rings (SSSR count). The predicted molar refractivity (Wildman–Crippen MR) is 121 cm³/mol. The lowest BCUT2D eigenvalue weighted by Gasteiger charge is -2.31. The number of sulfonamides is 1. The summed E-state index contributed by atoms with van der Waals surface area (Å²) in [7, 11) is -3.68. The van der Waals surface area contributed by atoms with Crippen molar-refractivity contribution in [3.05, 3.63) is 58.1 Å². The van der Waals surface area contributed by atoms with Gasteiger partial charge in [0.25, 0.3) is 5.91 Å². The van der Waals surface area contributed by atoms with Crippen molar-refractivity contribution >= 4 is 21.6 Å². The number of hydrogen-bond acceptors (Lipinski definition) is 4. The normalized spacial score (nSPS) is 17.5. The summed E-state index contributed by atoms with van der Waals surface area (Å²) in [6, 6.07) is 9.33. The number of nitrogens with zero attached hydrogens (tertiary/aromatic N) is 2. The summed E-state index contributed by atoms with van der Waals surface area (Å²) in [6.07, 6.45) is 2.43. The molecule has 7 heteroatoms. The predicted octanol–water partition coefficient (Wildman–Crippen LogP) is 3.48. The Labute approximate surface area is 184 Å². The van der Waals surface area contributed by atoms with E-state index in [1.807, 2.05) is 18.7 Å². The van der Waals surface area contributed by atoms with Crippen molar-refractivity contribution in [1.82, 2.24) is 4.31 Å². The third kappa shape index (κ3) is 4.14. The van der Waals surface area contributed by atoms with Crippen molar-refractivity contribution in [1.29, 1.82) is 0 Å². The zero-order valence-electron chi connectivity index (χ0n) is 18.5. The highest BCUT2D eigenvalue weighted by atomic mass is 32.2. The molecule has 0 saturated carbocycles. The fourth-order valence-electron chi connectivity index (χ4n) is 4.59. The van der Waals surface area contributed by atoms with Gasteiger partial charge in [0.15, 0.2) is 0 Å². The van der Waals surface area contributed by atoms with Crippen LogP contribution >= 0.6 is 0 Å². The number of hydrogen-bond donors (Lipinski definition) is 0. The maximum Gasteiger partial charge on any atom is 0.258 e. The van der Waals surface area contributed by atoms with Crippen LogP contribution in [0, 0.1) is 13.8 Å². The smallest absolute Gasteiger partial charge is 0.258 e. The summed E-state index contributed by atoms with van der Waals surface area (Å²) in [5, 5.41) is 0. The van der Waals surface area contributed by atoms with Crippen LogP contribution in [0.4, 0.5) is 5.69 Å². The summed E-state index contributed by atoms with van der Waals surface area (Å²) in [4.78, 5) is 15.6. The van der Waals surface area contributed by atoms with E-state index in [-0.39, 0.29) is 10.8 Å². The molecule has 2 aromatic carbocycles. The zero-order chi connectivity index (χ0) is 22.2. The van der Waals surface area contributed by atoms with Crippen molar-refractivity contribution in [2.75, 3.05) is 37.7 Å². The Morgan fingerprint density at radius 1 is 1.06 bits per heavy atom. The topological polar surface area (TPSA) is 66.9 Å². The summed E-state index contributed by atoms with van der Waals surface area (Å²) >= 11 is 0. The Kier molecular flexibility index (Phi) is 6.19. The number of anilines is 1. The van der Waals surface area contributed by atoms with E-state index < -0.39 is 10.0 Å². The molecular formula is C24H30N2O4S. The highest BCUT2D eigenvalue weighted by molar-refractivity contribution is 7.89. The average molecular weight is 443 g/mol. The van der Waals surface area contributed by atoms with Crippen LogP contribution in [0.2, 0.25) is 0 Å². The first-order valence-corrected chi connectivity index (χ1v) is 12.4. The highest BCUT2D eigenvalue weighted by Gasteiger charge is 2.30. The molecule has 0 spiro atoms. The second-order valence-corrected chi connectivity index (χ2v) is 10.2. The van der Waals surface area contributed by atoms with E-state index in [1.54, 1.807) is 18.2 Å². The van der Waals surface area contributed by atoms with Crippen LogP contribution in [-0.4, -0.2) is 51.5 Å². The third-order valence-electron chi connectivity index (χ3n) is 6.22. The van der Waals surface area contributed by atoms with Gasteiger partial charge in [-0.05, 0) is 73.6 Å². The minimum Gasteiger partial charge on any atom is -0.379 e. The Balaban J connectivity index is 1.74. The second kappa shape index (κ2) is 8.73. The molecule has 0 atom stereocenters. The molecule has 1 saturated heterocycles. The molecule has 31 heavy (non-hydrogen) atoms. The molecule has 0 radical (unpaired) electrons. The van der Waals surface area contributed by atoms with Crippen molar-refractivity contribution < 1.29 is 17.9 Å². The van der Waals surface area contributed by atoms with E-state index in [1.165, 1.54) is 15.4 Å². The first-order chi connectivity index (χ1) is 14.8. The first kappa shape index (κ1) is 22.0. The summed E-state index contributed by atoms with van der Waals surface area (Å²) in [5.74, 6) is -0.146. The van der Waals surface area contributed by atoms with Gasteiger partial charge >= 0.3 is 0 Å². The molecule has 1 amide bonds. The molecule has 2 aromatic rings. The van der Waals surface area contributed by atoms with E-state index in [0.29, 0.717) is 44.8 Å². The van der Waals surface area contributed by atoms with Crippen molar-refractivity contribution in [2.24, 2.45) is 0 Å². The number of ether oxygens (including phenoxy) is 1. The van der Waals surface area contributed by atoms with Crippen LogP contribution in [0.3, 0.4) is 0 Å². The molecule has 0 N–H and O–H groups in total. The van der Waals surface area contributed by atoms with Gasteiger partial charge in [0.05, 0.1) is 18.1 Å². The number of aryl methyl sites for hydroxylation is 3. The van der Waals surface area contributed by atoms with Gasteiger partial charge in [-0.15, -0.1) is 0 Å². The summed E-state index contributed by atoms with van der Waals surface area (Å²) < 4.78 is 33.5. The van der Waals surface area contributed by atoms with Gasteiger partial charge in [-0.3, -0.25) is 4.79 Å². The number of rotatable bonds is 4. The van der Waals surface area contributed by atoms with Gasteiger partial charge in [-0.25, -0.2) is 8.42 Å². The summed E-state index contributed by atoms with van der Waals surface area (Å²) in [6.45, 7) is 8.14. The molecule has 6 nitrogen and oxygen atoms in total. The van der Waals surface area contributed by atoms with E-state index >= 15 is 0 Å². The van der Waals surface area contributed by atoms with Crippen LogP contribution in [0.15, 0.2) is 35.2 Å². The highest BCUT2D eigenvalue weighted by Crippen LogP contribution is 2.33. The summed E-state index contributed by atoms with van der Waals surface area (Å²) in [5.41, 5.74) is 5.62. The average Bonchev–Trinajstić information content (AvgIpc) is 2.78. The Bertz CT molecular complexity index is 1100. The van der Waals surface area contributed by atoms with Gasteiger partial charge < -0.3 is 9.64 Å². The Hall–Kier alpha value is -2.22. The van der Waals surface area contributed by atoms with Gasteiger partial charge in [0.2, 0.25) is 10.0 Å². The number of amides is 1. The molecule has 2 aliphatic heterocycles. The van der Waals surface area contributed by atoms with Gasteiger partial charge in [0, 0.05) is 30.9 Å². The van der Waals surface area contributed by atoms with Crippen molar-refractivity contribution in [3.63, 3.8) is 0 Å². The monoisotopic (exact) mass is 442 g/mol. The second-order valence-electron chi connectivity index (χ2n) is 8.33. The Morgan fingerprint density at radius 2 is 1.81 bits per heavy atom. The molecule has 1 fully saturated rings. The molecule has 0 bridgehead atoms. The number of carbonyl (C=O) groups excluding carboxylic acids is 1. The largest absolute Gasteiger partial charge is 0.379 e. The lowest BCUT2D eigenvalue weighted by molar-refractivity contribution is 0.0730. The maximum absolute atomic E-state index is 13.5. The first-order valence-electron chi connectivity index (χ1n) is 11.0. The van der Waals surface area contributed by atoms with Gasteiger partial charge in [-0.1, -0.05) is 19.1 Å². The minimum absolute atomic E-state index is 0.146. The SMILES string of the molecule is CCc1ccc(C(=O)N2CCCc3c(C)cc(C)cc32)cc1S(=O)(=O)N1CCOCC1. The third-order valence-corrected chi connectivity index (χ3v) is 8.20. The molecule has 2 heterocycles. The van der Waals surface area contributed by atoms with E-state index in [0.717, 1.165) is 29.7 Å². The molecule has 0 unspecified atom stereocenters. The van der Waals surface area contributed by atoms with E-state index in [9.17, 15) is 13.2 Å². The zero-order valence-corrected chi connectivity index (χ0v) is 19.3. The molecule has 0 aliphatic carbocycles. The minimum atomic E-state index is -3.68. The van der Waals surface area contributed by atoms with Crippen molar-refractivity contribution in [2.45, 2.75) is 44.9 Å². The van der Waals surface area contributed by atoms with Crippen molar-refractivity contribution in [3.8, 4) is 0 Å². The van der Waals surface area contributed by atoms with E-state index in [2.05, 4.69) is 19.1 Å². The van der Waals surface area contributed by atoms with E-state index in [4.69, 9.17) is 4.74 Å². The number of fused-ring (bicyclic) bond motifs is 1. The number of carbonyl (C=O) groups is 1. The standard InChI is InChI=1S/C24H30N2O4S/c1-4-19-7-8-20(16-23(19)31(28,29)25-10-12-30-13-11-25)24(27)26-9-5-6-21-18(3)14-17(2)15-22(21)26/h7-8,14-16H,4-6,9-13H2,1-3H3. The van der Waals surface area contributed by atoms with Crippen LogP contribution in [-0.2, 0) is 27.6 Å². The van der Waals surface area contributed by atoms with Crippen LogP contribution in [0.25, 0.3) is 0 Å². The van der Waals surface area contributed by atoms with Crippen LogP contribution in [0.5, 0.6) is 0 Å². The van der Waals surface area contributed by atoms with Crippen LogP contribution < -0.4 is 4.90 Å². The quantitative estimate of drug-likeness (QED) is 0.727. The number of morpholine rings is 1. The van der Waals surface area contributed by atoms with Gasteiger partial charge in [-0.2, -0.15) is 4.31 Å². The fraction of sp³-hybridized carbons (Fsp3) is 0.458. The van der Waals surface area contributed by atoms with Gasteiger partial charge in [0.1, 0.15) is 0 Å². The molecule has 166 valence electrons. The lowest BCUT2D eigenvalue weighted by Crippen LogP contribution is -2.41. The number of benzene rings is 2. The fourth-order valence-corrected chi connectivity index (χ4v) is 6.32. The maximum atomic E-state index is 13.5.